The third-order valence-electron chi connectivity index (χ3n) is 6.83. The number of carbonyl (C=O) groups is 2. The van der Waals surface area contributed by atoms with Crippen LogP contribution in [0.15, 0.2) is 54.7 Å². The second-order valence-corrected chi connectivity index (χ2v) is 10.5. The number of nitro groups is 1. The maximum absolute atomic E-state index is 13.8. The van der Waals surface area contributed by atoms with Crippen LogP contribution in [0.25, 0.3) is 10.9 Å². The van der Waals surface area contributed by atoms with E-state index >= 15 is 0 Å². The quantitative estimate of drug-likeness (QED) is 0.275. The van der Waals surface area contributed by atoms with E-state index in [1.165, 1.54) is 23.5 Å². The van der Waals surface area contributed by atoms with Crippen LogP contribution in [0.3, 0.4) is 0 Å². The highest BCUT2D eigenvalue weighted by molar-refractivity contribution is 7.13. The van der Waals surface area contributed by atoms with E-state index < -0.39 is 11.0 Å². The fraction of sp³-hybridized carbons (Fsp3) is 0.296. The summed E-state index contributed by atoms with van der Waals surface area (Å²) in [5.41, 5.74) is 3.51. The van der Waals surface area contributed by atoms with Crippen LogP contribution in [0.2, 0.25) is 0 Å². The van der Waals surface area contributed by atoms with Crippen molar-refractivity contribution in [2.75, 3.05) is 31.1 Å². The smallest absolute Gasteiger partial charge is 0.269 e. The molecule has 5 rings (SSSR count). The molecule has 1 atom stereocenters. The van der Waals surface area contributed by atoms with Gasteiger partial charge in [0.25, 0.3) is 11.6 Å². The van der Waals surface area contributed by atoms with Crippen LogP contribution in [0.5, 0.6) is 0 Å². The van der Waals surface area contributed by atoms with Crippen molar-refractivity contribution in [3.63, 3.8) is 0 Å². The van der Waals surface area contributed by atoms with Crippen LogP contribution < -0.4 is 10.2 Å². The van der Waals surface area contributed by atoms with Crippen LogP contribution in [0.4, 0.5) is 11.4 Å². The third kappa shape index (κ3) is 5.23. The molecule has 11 heteroatoms. The molecule has 2 aromatic heterocycles. The van der Waals surface area contributed by atoms with Gasteiger partial charge in [0.15, 0.2) is 0 Å². The number of para-hydroxylation sites is 1. The predicted octanol–water partition coefficient (Wildman–Crippen LogP) is 3.84. The van der Waals surface area contributed by atoms with Crippen molar-refractivity contribution < 1.29 is 14.5 Å². The van der Waals surface area contributed by atoms with E-state index in [4.69, 9.17) is 0 Å². The molecule has 1 aliphatic rings. The first kappa shape index (κ1) is 25.4. The van der Waals surface area contributed by atoms with E-state index in [1.807, 2.05) is 37.4 Å². The lowest BCUT2D eigenvalue weighted by molar-refractivity contribution is -0.384. The van der Waals surface area contributed by atoms with Crippen LogP contribution >= 0.6 is 11.3 Å². The molecule has 0 bridgehead atoms. The lowest BCUT2D eigenvalue weighted by Crippen LogP contribution is -2.55. The SMILES string of the molecule is Cc1nc(C)c(C(=O)N[C@@H](Cc2c[nH]c3ccccc23)C(=O)N2CCN(c3ccc([N+](=O)[O-])cc3)CC2)s1. The van der Waals surface area contributed by atoms with Gasteiger partial charge in [-0.3, -0.25) is 19.7 Å². The number of hydrogen-bond acceptors (Lipinski definition) is 7. The topological polar surface area (TPSA) is 124 Å². The van der Waals surface area contributed by atoms with E-state index in [2.05, 4.69) is 20.2 Å². The molecule has 0 unspecified atom stereocenters. The van der Waals surface area contributed by atoms with Gasteiger partial charge in [0.05, 0.1) is 15.6 Å². The average molecular weight is 533 g/mol. The van der Waals surface area contributed by atoms with Crippen molar-refractivity contribution >= 4 is 45.4 Å². The highest BCUT2D eigenvalue weighted by Gasteiger charge is 2.31. The number of amides is 2. The second-order valence-electron chi connectivity index (χ2n) is 9.32. The Balaban J connectivity index is 1.33. The number of nitrogens with zero attached hydrogens (tertiary/aromatic N) is 4. The van der Waals surface area contributed by atoms with Crippen LogP contribution in [0.1, 0.15) is 25.9 Å². The molecule has 0 spiro atoms. The molecule has 2 aromatic carbocycles. The van der Waals surface area contributed by atoms with Gasteiger partial charge in [-0.1, -0.05) is 18.2 Å². The van der Waals surface area contributed by atoms with Gasteiger partial charge in [-0.2, -0.15) is 0 Å². The largest absolute Gasteiger partial charge is 0.368 e. The summed E-state index contributed by atoms with van der Waals surface area (Å²) in [5, 5.41) is 15.8. The number of nitro benzene ring substituents is 1. The van der Waals surface area contributed by atoms with Crippen molar-refractivity contribution in [1.82, 2.24) is 20.2 Å². The molecule has 1 fully saturated rings. The fourth-order valence-corrected chi connectivity index (χ4v) is 5.70. The number of anilines is 1. The van der Waals surface area contributed by atoms with Crippen LogP contribution in [0, 0.1) is 24.0 Å². The Morgan fingerprint density at radius 1 is 1.11 bits per heavy atom. The average Bonchev–Trinajstić information content (AvgIpc) is 3.49. The molecule has 38 heavy (non-hydrogen) atoms. The van der Waals surface area contributed by atoms with Crippen LogP contribution in [-0.4, -0.2) is 63.8 Å². The lowest BCUT2D eigenvalue weighted by atomic mass is 10.0. The maximum Gasteiger partial charge on any atom is 0.269 e. The summed E-state index contributed by atoms with van der Waals surface area (Å²) in [6.45, 7) is 5.79. The van der Waals surface area contributed by atoms with Gasteiger partial charge in [0, 0.05) is 67.5 Å². The van der Waals surface area contributed by atoms with Gasteiger partial charge in [-0.15, -0.1) is 11.3 Å². The zero-order valence-corrected chi connectivity index (χ0v) is 22.0. The number of benzene rings is 2. The van der Waals surface area contributed by atoms with E-state index in [9.17, 15) is 19.7 Å². The molecular weight excluding hydrogens is 504 g/mol. The maximum atomic E-state index is 13.8. The normalized spacial score (nSPS) is 14.5. The Hall–Kier alpha value is -4.25. The van der Waals surface area contributed by atoms with Gasteiger partial charge in [-0.05, 0) is 37.6 Å². The van der Waals surface area contributed by atoms with Gasteiger partial charge in [-0.25, -0.2) is 4.98 Å². The Kier molecular flexibility index (Phi) is 7.10. The Bertz CT molecular complexity index is 1490. The lowest BCUT2D eigenvalue weighted by Gasteiger charge is -2.37. The Morgan fingerprint density at radius 3 is 2.47 bits per heavy atom. The van der Waals surface area contributed by atoms with Crippen molar-refractivity contribution in [3.8, 4) is 0 Å². The van der Waals surface area contributed by atoms with E-state index in [1.54, 1.807) is 24.0 Å². The summed E-state index contributed by atoms with van der Waals surface area (Å²) >= 11 is 1.32. The Morgan fingerprint density at radius 2 is 1.82 bits per heavy atom. The van der Waals surface area contributed by atoms with Gasteiger partial charge < -0.3 is 20.1 Å². The molecule has 1 saturated heterocycles. The first-order valence-electron chi connectivity index (χ1n) is 12.4. The van der Waals surface area contributed by atoms with Crippen LogP contribution in [-0.2, 0) is 11.2 Å². The first-order chi connectivity index (χ1) is 18.3. The molecule has 0 aliphatic carbocycles. The summed E-state index contributed by atoms with van der Waals surface area (Å²) in [4.78, 5) is 49.5. The summed E-state index contributed by atoms with van der Waals surface area (Å²) < 4.78 is 0. The summed E-state index contributed by atoms with van der Waals surface area (Å²) in [6, 6.07) is 13.6. The van der Waals surface area contributed by atoms with Gasteiger partial charge in [0.1, 0.15) is 10.9 Å². The van der Waals surface area contributed by atoms with Crippen molar-refractivity contribution in [2.45, 2.75) is 26.3 Å². The number of thiazole rings is 1. The van der Waals surface area contributed by atoms with E-state index in [0.717, 1.165) is 27.2 Å². The molecule has 4 aromatic rings. The number of hydrogen-bond donors (Lipinski definition) is 2. The zero-order valence-electron chi connectivity index (χ0n) is 21.1. The number of aryl methyl sites for hydroxylation is 2. The standard InChI is InChI=1S/C27H28N6O4S/c1-17-25(38-18(2)29-17)26(34)30-24(15-19-16-28-23-6-4-3-5-22(19)23)27(35)32-13-11-31(12-14-32)20-7-9-21(10-8-20)33(36)37/h3-10,16,24,28H,11-15H2,1-2H3,(H,30,34)/t24-/m0/s1. The van der Waals surface area contributed by atoms with Gasteiger partial charge in [0.2, 0.25) is 5.91 Å². The van der Waals surface area contributed by atoms with Crippen molar-refractivity contribution in [1.29, 1.82) is 0 Å². The predicted molar refractivity (Wildman–Crippen MR) is 147 cm³/mol. The number of piperazine rings is 1. The minimum Gasteiger partial charge on any atom is -0.368 e. The number of aromatic nitrogens is 2. The molecule has 1 aliphatic heterocycles. The number of fused-ring (bicyclic) bond motifs is 1. The molecule has 0 saturated carbocycles. The monoisotopic (exact) mass is 532 g/mol. The molecule has 0 radical (unpaired) electrons. The second kappa shape index (κ2) is 10.6. The molecule has 2 amide bonds. The molecule has 196 valence electrons. The molecule has 10 nitrogen and oxygen atoms in total. The zero-order chi connectivity index (χ0) is 26.8. The number of non-ortho nitro benzene ring substituents is 1. The van der Waals surface area contributed by atoms with E-state index in [0.29, 0.717) is 43.2 Å². The summed E-state index contributed by atoms with van der Waals surface area (Å²) in [7, 11) is 0. The highest BCUT2D eigenvalue weighted by Crippen LogP contribution is 2.23. The fourth-order valence-electron chi connectivity index (χ4n) is 4.88. The van der Waals surface area contributed by atoms with Crippen molar-refractivity contribution in [2.24, 2.45) is 0 Å². The number of nitrogens with one attached hydrogen (secondary N) is 2. The summed E-state index contributed by atoms with van der Waals surface area (Å²) in [5.74, 6) is -0.429. The summed E-state index contributed by atoms with van der Waals surface area (Å²) in [6.07, 6.45) is 2.25. The molecular formula is C27H28N6O4S. The number of carbonyl (C=O) groups excluding carboxylic acids is 2. The minimum absolute atomic E-state index is 0.0461. The van der Waals surface area contributed by atoms with Crippen molar-refractivity contribution in [3.05, 3.63) is 86.0 Å². The third-order valence-corrected chi connectivity index (χ3v) is 7.90. The number of H-pyrrole nitrogens is 1. The molecule has 3 heterocycles. The minimum atomic E-state index is -0.741. The van der Waals surface area contributed by atoms with E-state index in [-0.39, 0.29) is 17.5 Å². The molecule has 2 N–H and O–H groups in total. The Labute approximate surface area is 223 Å². The number of aromatic amines is 1. The number of rotatable bonds is 7. The first-order valence-corrected chi connectivity index (χ1v) is 13.2. The van der Waals surface area contributed by atoms with Gasteiger partial charge >= 0.3 is 0 Å². The highest BCUT2D eigenvalue weighted by atomic mass is 32.1.